The third-order valence-corrected chi connectivity index (χ3v) is 3.47. The summed E-state index contributed by atoms with van der Waals surface area (Å²) < 4.78 is 18.5. The zero-order valence-electron chi connectivity index (χ0n) is 11.1. The summed E-state index contributed by atoms with van der Waals surface area (Å²) in [6.07, 6.45) is 1.11. The van der Waals surface area contributed by atoms with Crippen LogP contribution in [0, 0.1) is 5.82 Å². The molecule has 1 heterocycles. The quantitative estimate of drug-likeness (QED) is 0.886. The van der Waals surface area contributed by atoms with Crippen molar-refractivity contribution in [2.24, 2.45) is 0 Å². The van der Waals surface area contributed by atoms with Gasteiger partial charge in [-0.1, -0.05) is 17.7 Å². The Bertz CT molecular complexity index is 462. The van der Waals surface area contributed by atoms with Crippen LogP contribution in [0.4, 0.5) is 4.39 Å². The summed E-state index contributed by atoms with van der Waals surface area (Å²) in [6.45, 7) is 2.84. The summed E-state index contributed by atoms with van der Waals surface area (Å²) in [5.74, 6) is -0.552. The molecule has 0 spiro atoms. The SMILES string of the molecule is O=C(Cc1ccc(F)cc1Cl)NCC1CNCCCO1. The summed E-state index contributed by atoms with van der Waals surface area (Å²) in [7, 11) is 0. The zero-order valence-corrected chi connectivity index (χ0v) is 11.9. The number of carbonyl (C=O) groups excluding carboxylic acids is 1. The molecule has 2 N–H and O–H groups in total. The molecule has 4 nitrogen and oxygen atoms in total. The van der Waals surface area contributed by atoms with Gasteiger partial charge in [0.1, 0.15) is 5.82 Å². The molecule has 2 rings (SSSR count). The van der Waals surface area contributed by atoms with Gasteiger partial charge >= 0.3 is 0 Å². The van der Waals surface area contributed by atoms with Gasteiger partial charge in [0, 0.05) is 24.7 Å². The molecule has 1 unspecified atom stereocenters. The molecular weight excluding hydrogens is 283 g/mol. The van der Waals surface area contributed by atoms with E-state index in [0.29, 0.717) is 18.7 Å². The number of hydrogen-bond donors (Lipinski definition) is 2. The van der Waals surface area contributed by atoms with Gasteiger partial charge in [0.25, 0.3) is 0 Å². The maximum atomic E-state index is 12.9. The third kappa shape index (κ3) is 4.74. The second kappa shape index (κ2) is 7.57. The van der Waals surface area contributed by atoms with E-state index in [4.69, 9.17) is 16.3 Å². The first-order chi connectivity index (χ1) is 9.65. The molecule has 0 aliphatic carbocycles. The van der Waals surface area contributed by atoms with Crippen LogP contribution >= 0.6 is 11.6 Å². The molecule has 1 saturated heterocycles. The van der Waals surface area contributed by atoms with E-state index in [1.54, 1.807) is 0 Å². The average Bonchev–Trinajstić information content (AvgIpc) is 2.68. The number of rotatable bonds is 4. The number of amides is 1. The molecule has 1 fully saturated rings. The van der Waals surface area contributed by atoms with Crippen molar-refractivity contribution < 1.29 is 13.9 Å². The van der Waals surface area contributed by atoms with Crippen LogP contribution in [0.2, 0.25) is 5.02 Å². The fraction of sp³-hybridized carbons (Fsp3) is 0.500. The third-order valence-electron chi connectivity index (χ3n) is 3.12. The summed E-state index contributed by atoms with van der Waals surface area (Å²) in [5.41, 5.74) is 0.616. The van der Waals surface area contributed by atoms with Crippen molar-refractivity contribution in [3.8, 4) is 0 Å². The number of nitrogens with one attached hydrogen (secondary N) is 2. The van der Waals surface area contributed by atoms with Gasteiger partial charge in [-0.3, -0.25) is 4.79 Å². The standard InChI is InChI=1S/C14H18ClFN2O2/c15-13-7-11(16)3-2-10(13)6-14(19)18-9-12-8-17-4-1-5-20-12/h2-3,7,12,17H,1,4-6,8-9H2,(H,18,19). The lowest BCUT2D eigenvalue weighted by Gasteiger charge is -2.15. The second-order valence-electron chi connectivity index (χ2n) is 4.77. The number of halogens is 2. The first kappa shape index (κ1) is 15.2. The Morgan fingerprint density at radius 2 is 2.40 bits per heavy atom. The van der Waals surface area contributed by atoms with Gasteiger partial charge in [0.15, 0.2) is 0 Å². The number of carbonyl (C=O) groups is 1. The molecular formula is C14H18ClFN2O2. The number of hydrogen-bond acceptors (Lipinski definition) is 3. The molecule has 1 aliphatic heterocycles. The summed E-state index contributed by atoms with van der Waals surface area (Å²) in [6, 6.07) is 4.04. The Morgan fingerprint density at radius 1 is 1.55 bits per heavy atom. The molecule has 0 bridgehead atoms. The average molecular weight is 301 g/mol. The first-order valence-corrected chi connectivity index (χ1v) is 7.06. The molecule has 1 atom stereocenters. The maximum Gasteiger partial charge on any atom is 0.224 e. The summed E-state index contributed by atoms with van der Waals surface area (Å²) in [4.78, 5) is 11.8. The van der Waals surface area contributed by atoms with Gasteiger partial charge in [-0.25, -0.2) is 4.39 Å². The van der Waals surface area contributed by atoms with E-state index in [1.807, 2.05) is 0 Å². The van der Waals surface area contributed by atoms with E-state index >= 15 is 0 Å². The normalized spacial score (nSPS) is 19.4. The van der Waals surface area contributed by atoms with Gasteiger partial charge < -0.3 is 15.4 Å². The molecule has 1 aromatic carbocycles. The fourth-order valence-corrected chi connectivity index (χ4v) is 2.26. The Labute approximate surface area is 122 Å². The van der Waals surface area contributed by atoms with Crippen LogP contribution in [-0.2, 0) is 16.0 Å². The highest BCUT2D eigenvalue weighted by Gasteiger charge is 2.14. The number of benzene rings is 1. The van der Waals surface area contributed by atoms with Gasteiger partial charge in [0.2, 0.25) is 5.91 Å². The predicted molar refractivity (Wildman–Crippen MR) is 75.4 cm³/mol. The van der Waals surface area contributed by atoms with Crippen LogP contribution in [-0.4, -0.2) is 38.3 Å². The maximum absolute atomic E-state index is 12.9. The minimum absolute atomic E-state index is 0.00913. The molecule has 20 heavy (non-hydrogen) atoms. The lowest BCUT2D eigenvalue weighted by molar-refractivity contribution is -0.121. The van der Waals surface area contributed by atoms with Crippen molar-refractivity contribution in [2.75, 3.05) is 26.2 Å². The van der Waals surface area contributed by atoms with Gasteiger partial charge in [0.05, 0.1) is 12.5 Å². The van der Waals surface area contributed by atoms with E-state index in [-0.39, 0.29) is 23.5 Å². The van der Waals surface area contributed by atoms with E-state index in [9.17, 15) is 9.18 Å². The highest BCUT2D eigenvalue weighted by Crippen LogP contribution is 2.17. The van der Waals surface area contributed by atoms with Gasteiger partial charge in [-0.2, -0.15) is 0 Å². The lowest BCUT2D eigenvalue weighted by atomic mass is 10.1. The van der Waals surface area contributed by atoms with Crippen molar-refractivity contribution in [3.05, 3.63) is 34.6 Å². The molecule has 1 aliphatic rings. The highest BCUT2D eigenvalue weighted by atomic mass is 35.5. The van der Waals surface area contributed by atoms with Gasteiger partial charge in [-0.05, 0) is 30.7 Å². The van der Waals surface area contributed by atoms with Gasteiger partial charge in [-0.15, -0.1) is 0 Å². The molecule has 110 valence electrons. The largest absolute Gasteiger partial charge is 0.375 e. The lowest BCUT2D eigenvalue weighted by Crippen LogP contribution is -2.39. The number of ether oxygens (including phenoxy) is 1. The zero-order chi connectivity index (χ0) is 14.4. The Morgan fingerprint density at radius 3 is 3.20 bits per heavy atom. The summed E-state index contributed by atoms with van der Waals surface area (Å²) in [5, 5.41) is 6.33. The van der Waals surface area contributed by atoms with Crippen LogP contribution in [0.3, 0.4) is 0 Å². The van der Waals surface area contributed by atoms with Crippen molar-refractivity contribution in [3.63, 3.8) is 0 Å². The van der Waals surface area contributed by atoms with Crippen LogP contribution < -0.4 is 10.6 Å². The van der Waals surface area contributed by atoms with Crippen molar-refractivity contribution in [1.29, 1.82) is 0 Å². The molecule has 6 heteroatoms. The van der Waals surface area contributed by atoms with Crippen LogP contribution in [0.15, 0.2) is 18.2 Å². The molecule has 1 amide bonds. The topological polar surface area (TPSA) is 50.4 Å². The van der Waals surface area contributed by atoms with Crippen LogP contribution in [0.25, 0.3) is 0 Å². The predicted octanol–water partition coefficient (Wildman–Crippen LogP) is 1.52. The monoisotopic (exact) mass is 300 g/mol. The Balaban J connectivity index is 1.79. The van der Waals surface area contributed by atoms with Crippen LogP contribution in [0.5, 0.6) is 0 Å². The van der Waals surface area contributed by atoms with Crippen molar-refractivity contribution in [2.45, 2.75) is 18.9 Å². The smallest absolute Gasteiger partial charge is 0.224 e. The van der Waals surface area contributed by atoms with E-state index < -0.39 is 5.82 Å². The van der Waals surface area contributed by atoms with E-state index in [2.05, 4.69) is 10.6 Å². The molecule has 0 radical (unpaired) electrons. The van der Waals surface area contributed by atoms with E-state index in [1.165, 1.54) is 18.2 Å². The molecule has 0 aromatic heterocycles. The molecule has 0 saturated carbocycles. The highest BCUT2D eigenvalue weighted by molar-refractivity contribution is 6.31. The van der Waals surface area contributed by atoms with Crippen molar-refractivity contribution in [1.82, 2.24) is 10.6 Å². The van der Waals surface area contributed by atoms with E-state index in [0.717, 1.165) is 19.5 Å². The molecule has 1 aromatic rings. The Hall–Kier alpha value is -1.17. The van der Waals surface area contributed by atoms with Crippen LogP contribution in [0.1, 0.15) is 12.0 Å². The fourth-order valence-electron chi connectivity index (χ4n) is 2.03. The second-order valence-corrected chi connectivity index (χ2v) is 5.17. The first-order valence-electron chi connectivity index (χ1n) is 6.68. The minimum atomic E-state index is -0.405. The summed E-state index contributed by atoms with van der Waals surface area (Å²) >= 11 is 5.89. The van der Waals surface area contributed by atoms with Crippen molar-refractivity contribution >= 4 is 17.5 Å². The minimum Gasteiger partial charge on any atom is -0.375 e. The Kier molecular flexibility index (Phi) is 5.76.